The Bertz CT molecular complexity index is 2560. The molecule has 63 heavy (non-hydrogen) atoms. The number of carbonyl (C=O) groups excluding carboxylic acids is 1. The summed E-state index contributed by atoms with van der Waals surface area (Å²) in [6.45, 7) is 3.10. The Hall–Kier alpha value is -5.11. The van der Waals surface area contributed by atoms with Crippen LogP contribution in [0.15, 0.2) is 85.5 Å². The summed E-state index contributed by atoms with van der Waals surface area (Å²) in [5.74, 6) is 0.517. The molecule has 0 bridgehead atoms. The van der Waals surface area contributed by atoms with E-state index in [1.807, 2.05) is 83.2 Å². The van der Waals surface area contributed by atoms with E-state index in [0.29, 0.717) is 76.1 Å². The highest BCUT2D eigenvalue weighted by atomic mass is 32.7. The fourth-order valence-electron chi connectivity index (χ4n) is 7.54. The van der Waals surface area contributed by atoms with Gasteiger partial charge in [0.15, 0.2) is 23.9 Å². The van der Waals surface area contributed by atoms with Crippen molar-refractivity contribution in [3.05, 3.63) is 102 Å². The number of amides is 1. The lowest BCUT2D eigenvalue weighted by Crippen LogP contribution is -2.31. The van der Waals surface area contributed by atoms with Crippen molar-refractivity contribution in [3.63, 3.8) is 0 Å². The number of halogens is 1. The Labute approximate surface area is 367 Å². The second kappa shape index (κ2) is 20.2. The van der Waals surface area contributed by atoms with Crippen molar-refractivity contribution in [1.29, 1.82) is 0 Å². The van der Waals surface area contributed by atoms with E-state index in [-0.39, 0.29) is 11.7 Å². The standard InChI is InChI=1S/C43H49FN9O8PS/c1-4-35(54)51-23-31-9-5-6-10-32(31)39-37(33-11-7-8-12-34(33)51)49-50-53(39)17-18-57-19-20-58-21-22-59-24-29-13-15-30(16-14-29)25-63-62(55,56-3)61-40-28(2)60-43(36(40)44)52-27-48-38-41(45)46-26-47-42(38)52/h5-16,26-28,36,40,43H,4,17-25H2,1-3H3,(H2,45,46,47)/t28?,36-,40-,43-,62?/m1/s1. The lowest BCUT2D eigenvalue weighted by atomic mass is 9.95. The monoisotopic (exact) mass is 901 g/mol. The predicted molar refractivity (Wildman–Crippen MR) is 235 cm³/mol. The molecule has 1 amide bonds. The number of alkyl halides is 1. The number of aromatic nitrogens is 7. The molecule has 2 unspecified atom stereocenters. The van der Waals surface area contributed by atoms with Gasteiger partial charge in [-0.05, 0) is 41.1 Å². The first kappa shape index (κ1) is 44.5. The minimum Gasteiger partial charge on any atom is -0.382 e. The molecule has 8 rings (SSSR count). The van der Waals surface area contributed by atoms with Crippen LogP contribution in [0.3, 0.4) is 0 Å². The fourth-order valence-corrected chi connectivity index (χ4v) is 10.6. The second-order valence-electron chi connectivity index (χ2n) is 14.8. The van der Waals surface area contributed by atoms with Gasteiger partial charge < -0.3 is 34.1 Å². The number of rotatable bonds is 19. The van der Waals surface area contributed by atoms with Crippen LogP contribution >= 0.6 is 18.2 Å². The Morgan fingerprint density at radius 1 is 0.937 bits per heavy atom. The van der Waals surface area contributed by atoms with Gasteiger partial charge in [-0.3, -0.25) is 13.9 Å². The van der Waals surface area contributed by atoms with E-state index in [1.54, 1.807) is 6.92 Å². The molecule has 1 fully saturated rings. The first-order valence-electron chi connectivity index (χ1n) is 20.6. The number of hydrogen-bond acceptors (Lipinski definition) is 15. The highest BCUT2D eigenvalue weighted by Crippen LogP contribution is 2.63. The van der Waals surface area contributed by atoms with Crippen LogP contribution in [0.4, 0.5) is 15.9 Å². The van der Waals surface area contributed by atoms with Crippen LogP contribution in [0.25, 0.3) is 33.7 Å². The summed E-state index contributed by atoms with van der Waals surface area (Å²) in [4.78, 5) is 27.2. The first-order valence-corrected chi connectivity index (χ1v) is 23.7. The zero-order valence-corrected chi connectivity index (χ0v) is 36.8. The molecular weight excluding hydrogens is 853 g/mol. The summed E-state index contributed by atoms with van der Waals surface area (Å²) < 4.78 is 67.2. The number of nitrogens with two attached hydrogens (primary N) is 1. The maximum Gasteiger partial charge on any atom is 0.389 e. The van der Waals surface area contributed by atoms with Crippen LogP contribution < -0.4 is 10.6 Å². The van der Waals surface area contributed by atoms with Crippen LogP contribution in [-0.4, -0.2) is 98.9 Å². The zero-order chi connectivity index (χ0) is 43.9. The summed E-state index contributed by atoms with van der Waals surface area (Å²) in [5, 5.41) is 9.11. The Kier molecular flexibility index (Phi) is 14.2. The highest BCUT2D eigenvalue weighted by molar-refractivity contribution is 8.54. The number of para-hydroxylation sites is 1. The van der Waals surface area contributed by atoms with Crippen molar-refractivity contribution < 1.29 is 41.7 Å². The van der Waals surface area contributed by atoms with E-state index in [9.17, 15) is 9.36 Å². The third-order valence-electron chi connectivity index (χ3n) is 10.8. The molecule has 6 aromatic rings. The average Bonchev–Trinajstić information content (AvgIpc) is 4.00. The average molecular weight is 902 g/mol. The number of imidazole rings is 1. The van der Waals surface area contributed by atoms with Gasteiger partial charge in [0, 0.05) is 30.4 Å². The molecule has 2 N–H and O–H groups in total. The minimum absolute atomic E-state index is 0.0466. The molecule has 0 radical (unpaired) electrons. The third-order valence-corrected chi connectivity index (χ3v) is 14.6. The summed E-state index contributed by atoms with van der Waals surface area (Å²) in [5.41, 5.74) is 13.7. The van der Waals surface area contributed by atoms with Crippen LogP contribution in [0.5, 0.6) is 0 Å². The largest absolute Gasteiger partial charge is 0.389 e. The predicted octanol–water partition coefficient (Wildman–Crippen LogP) is 7.17. The molecule has 20 heteroatoms. The minimum atomic E-state index is -3.78. The van der Waals surface area contributed by atoms with Crippen molar-refractivity contribution in [2.75, 3.05) is 50.8 Å². The van der Waals surface area contributed by atoms with Crippen LogP contribution in [0.2, 0.25) is 0 Å². The van der Waals surface area contributed by atoms with Gasteiger partial charge in [0.05, 0.1) is 76.5 Å². The molecule has 1 saturated heterocycles. The van der Waals surface area contributed by atoms with E-state index < -0.39 is 31.4 Å². The van der Waals surface area contributed by atoms with E-state index in [0.717, 1.165) is 56.3 Å². The summed E-state index contributed by atoms with van der Waals surface area (Å²) in [6.07, 6.45) is -1.67. The summed E-state index contributed by atoms with van der Waals surface area (Å²) >= 11 is 0.970. The Balaban J connectivity index is 0.743. The molecule has 332 valence electrons. The molecule has 3 aromatic heterocycles. The van der Waals surface area contributed by atoms with Gasteiger partial charge in [-0.25, -0.2) is 28.6 Å². The molecule has 2 aliphatic rings. The van der Waals surface area contributed by atoms with E-state index in [2.05, 4.69) is 31.3 Å². The van der Waals surface area contributed by atoms with Crippen molar-refractivity contribution in [2.45, 2.75) is 70.3 Å². The molecule has 2 aliphatic heterocycles. The first-order chi connectivity index (χ1) is 30.7. The van der Waals surface area contributed by atoms with E-state index >= 15 is 4.39 Å². The number of fused-ring (bicyclic) bond motifs is 6. The highest BCUT2D eigenvalue weighted by Gasteiger charge is 2.49. The van der Waals surface area contributed by atoms with Crippen molar-refractivity contribution in [1.82, 2.24) is 34.5 Å². The molecular formula is C43H49FN9O8PS. The molecule has 17 nitrogen and oxygen atoms in total. The quantitative estimate of drug-likeness (QED) is 0.0635. The number of ether oxygens (including phenoxy) is 4. The normalized spacial score (nSPS) is 19.3. The Morgan fingerprint density at radius 2 is 1.65 bits per heavy atom. The van der Waals surface area contributed by atoms with Crippen molar-refractivity contribution in [2.24, 2.45) is 0 Å². The number of anilines is 2. The number of benzene rings is 3. The van der Waals surface area contributed by atoms with Gasteiger partial charge >= 0.3 is 6.80 Å². The smallest absolute Gasteiger partial charge is 0.382 e. The van der Waals surface area contributed by atoms with Crippen molar-refractivity contribution in [3.8, 4) is 22.5 Å². The maximum atomic E-state index is 15.8. The van der Waals surface area contributed by atoms with Crippen LogP contribution in [0.1, 0.15) is 43.2 Å². The third kappa shape index (κ3) is 9.85. The van der Waals surface area contributed by atoms with Gasteiger partial charge in [0.2, 0.25) is 5.91 Å². The van der Waals surface area contributed by atoms with E-state index in [4.69, 9.17) is 33.7 Å². The second-order valence-corrected chi connectivity index (χ2v) is 19.0. The maximum absolute atomic E-state index is 15.8. The Morgan fingerprint density at radius 3 is 2.43 bits per heavy atom. The number of nitrogens with zero attached hydrogens (tertiary/aromatic N) is 8. The van der Waals surface area contributed by atoms with Crippen LogP contribution in [-0.2, 0) is 62.8 Å². The molecule has 0 spiro atoms. The lowest BCUT2D eigenvalue weighted by molar-refractivity contribution is -0.118. The fraction of sp³-hybridized carbons (Fsp3) is 0.395. The SMILES string of the molecule is CCC(=O)N1Cc2ccccc2-c2c(nnn2CCOCCOCCOCc2ccc(CSP(=O)(OC)O[C@@H]3C(C)O[C@@H](n4cnc5c(N)ncnc54)[C@@H]3F)cc2)-c2ccccc21. The van der Waals surface area contributed by atoms with Crippen LogP contribution in [0, 0.1) is 0 Å². The van der Waals surface area contributed by atoms with E-state index in [1.165, 1.54) is 24.3 Å². The van der Waals surface area contributed by atoms with Crippen molar-refractivity contribution >= 4 is 46.8 Å². The number of carbonyl (C=O) groups is 1. The molecule has 0 aliphatic carbocycles. The van der Waals surface area contributed by atoms with Gasteiger partial charge in [-0.2, -0.15) is 0 Å². The number of hydrogen-bond donors (Lipinski definition) is 1. The molecule has 5 heterocycles. The van der Waals surface area contributed by atoms with Gasteiger partial charge in [-0.1, -0.05) is 78.9 Å². The lowest BCUT2D eigenvalue weighted by Gasteiger charge is -2.28. The van der Waals surface area contributed by atoms with Gasteiger partial charge in [0.25, 0.3) is 0 Å². The summed E-state index contributed by atoms with van der Waals surface area (Å²) in [7, 11) is 1.28. The molecule has 0 saturated carbocycles. The molecule has 5 atom stereocenters. The van der Waals surface area contributed by atoms with Gasteiger partial charge in [-0.15, -0.1) is 5.10 Å². The molecule has 3 aromatic carbocycles. The van der Waals surface area contributed by atoms with Gasteiger partial charge in [0.1, 0.15) is 23.6 Å². The summed E-state index contributed by atoms with van der Waals surface area (Å²) in [6, 6.07) is 23.6. The topological polar surface area (TPSA) is 193 Å². The zero-order valence-electron chi connectivity index (χ0n) is 35.1. The number of nitrogen functional groups attached to an aromatic ring is 1.